The van der Waals surface area contributed by atoms with Crippen molar-refractivity contribution < 1.29 is 4.92 Å². The normalized spacial score (nSPS) is 12.6. The van der Waals surface area contributed by atoms with E-state index in [2.05, 4.69) is 0 Å². The van der Waals surface area contributed by atoms with E-state index in [-0.39, 0.29) is 29.9 Å². The molecule has 2 aromatic rings. The minimum Gasteiger partial charge on any atom is -0.268 e. The Labute approximate surface area is 106 Å². The van der Waals surface area contributed by atoms with Gasteiger partial charge in [-0.2, -0.15) is 0 Å². The van der Waals surface area contributed by atoms with Crippen LogP contribution in [-0.2, 0) is 13.1 Å². The van der Waals surface area contributed by atoms with Crippen LogP contribution in [0.5, 0.6) is 0 Å². The van der Waals surface area contributed by atoms with Crippen LogP contribution in [0.4, 0.5) is 5.69 Å². The second-order valence-electron chi connectivity index (χ2n) is 4.34. The van der Waals surface area contributed by atoms with Crippen LogP contribution in [0.2, 0.25) is 0 Å². The first-order valence-electron chi connectivity index (χ1n) is 5.63. The molecule has 1 aliphatic rings. The van der Waals surface area contributed by atoms with Crippen LogP contribution in [0.3, 0.4) is 0 Å². The zero-order valence-corrected chi connectivity index (χ0v) is 9.78. The fourth-order valence-electron chi connectivity index (χ4n) is 2.23. The summed E-state index contributed by atoms with van der Waals surface area (Å²) in [6.45, 7) is 0.425. The quantitative estimate of drug-likeness (QED) is 0.465. The molecule has 2 heterocycles. The Bertz CT molecular complexity index is 803. The summed E-state index contributed by atoms with van der Waals surface area (Å²) in [6.07, 6.45) is 0. The number of hydrogen-bond acceptors (Lipinski definition) is 4. The van der Waals surface area contributed by atoms with Gasteiger partial charge in [0.1, 0.15) is 0 Å². The number of nitrogens with zero attached hydrogens (tertiary/aromatic N) is 3. The summed E-state index contributed by atoms with van der Waals surface area (Å²) in [5, 5.41) is 10.7. The Balaban J connectivity index is 2.17. The monoisotopic (exact) mass is 259 g/mol. The predicted molar refractivity (Wildman–Crippen MR) is 66.3 cm³/mol. The zero-order valence-electron chi connectivity index (χ0n) is 9.78. The van der Waals surface area contributed by atoms with Crippen LogP contribution in [0.1, 0.15) is 11.1 Å². The van der Waals surface area contributed by atoms with Gasteiger partial charge in [-0.15, -0.1) is 0 Å². The molecule has 0 saturated heterocycles. The van der Waals surface area contributed by atoms with Crippen molar-refractivity contribution in [3.05, 3.63) is 72.3 Å². The number of nitro benzene ring substituents is 1. The molecule has 0 aliphatic carbocycles. The van der Waals surface area contributed by atoms with Crippen molar-refractivity contribution in [2.75, 3.05) is 0 Å². The van der Waals surface area contributed by atoms with Gasteiger partial charge in [-0.05, 0) is 17.2 Å². The third-order valence-corrected chi connectivity index (χ3v) is 3.21. The molecule has 1 aliphatic heterocycles. The van der Waals surface area contributed by atoms with Gasteiger partial charge in [0.2, 0.25) is 0 Å². The van der Waals surface area contributed by atoms with Crippen LogP contribution in [0.25, 0.3) is 0 Å². The first-order valence-corrected chi connectivity index (χ1v) is 5.63. The minimum absolute atomic E-state index is 0.0153. The zero-order chi connectivity index (χ0) is 13.6. The van der Waals surface area contributed by atoms with Crippen molar-refractivity contribution in [3.8, 4) is 0 Å². The number of non-ortho nitro benzene ring substituents is 1. The molecule has 7 nitrogen and oxygen atoms in total. The SMILES string of the molecule is O=c1ccc(=O)n2n1Cc1ccc([N+](=O)[O-])cc1C2. The average Bonchev–Trinajstić information content (AvgIpc) is 2.41. The van der Waals surface area contributed by atoms with E-state index >= 15 is 0 Å². The molecule has 0 spiro atoms. The first kappa shape index (κ1) is 11.4. The molecule has 1 aromatic carbocycles. The van der Waals surface area contributed by atoms with E-state index in [1.165, 1.54) is 33.6 Å². The maximum atomic E-state index is 11.7. The molecule has 0 N–H and O–H groups in total. The fourth-order valence-corrected chi connectivity index (χ4v) is 2.23. The molecule has 0 unspecified atom stereocenters. The molecule has 0 radical (unpaired) electrons. The second-order valence-corrected chi connectivity index (χ2v) is 4.34. The van der Waals surface area contributed by atoms with Gasteiger partial charge in [0, 0.05) is 24.3 Å². The maximum Gasteiger partial charge on any atom is 0.269 e. The van der Waals surface area contributed by atoms with E-state index in [0.717, 1.165) is 5.56 Å². The van der Waals surface area contributed by atoms with Crippen molar-refractivity contribution in [1.82, 2.24) is 9.36 Å². The Morgan fingerprint density at radius 3 is 2.11 bits per heavy atom. The van der Waals surface area contributed by atoms with Gasteiger partial charge >= 0.3 is 0 Å². The highest BCUT2D eigenvalue weighted by Crippen LogP contribution is 2.21. The summed E-state index contributed by atoms with van der Waals surface area (Å²) < 4.78 is 2.64. The lowest BCUT2D eigenvalue weighted by Gasteiger charge is -2.22. The lowest BCUT2D eigenvalue weighted by Crippen LogP contribution is -2.40. The number of hydrogen-bond donors (Lipinski definition) is 0. The van der Waals surface area contributed by atoms with Crippen molar-refractivity contribution in [3.63, 3.8) is 0 Å². The van der Waals surface area contributed by atoms with Crippen LogP contribution in [0, 0.1) is 10.1 Å². The molecule has 1 aromatic heterocycles. The van der Waals surface area contributed by atoms with Gasteiger partial charge in [0.15, 0.2) is 0 Å². The number of benzene rings is 1. The summed E-state index contributed by atoms with van der Waals surface area (Å²) in [7, 11) is 0. The van der Waals surface area contributed by atoms with E-state index in [1.54, 1.807) is 6.07 Å². The smallest absolute Gasteiger partial charge is 0.268 e. The van der Waals surface area contributed by atoms with Crippen LogP contribution in [0.15, 0.2) is 39.9 Å². The molecule has 0 atom stereocenters. The minimum atomic E-state index is -0.476. The van der Waals surface area contributed by atoms with E-state index in [4.69, 9.17) is 0 Å². The highest BCUT2D eigenvalue weighted by atomic mass is 16.6. The van der Waals surface area contributed by atoms with Gasteiger partial charge in [-0.1, -0.05) is 0 Å². The summed E-state index contributed by atoms with van der Waals surface area (Å²) in [5.74, 6) is 0. The topological polar surface area (TPSA) is 87.1 Å². The summed E-state index contributed by atoms with van der Waals surface area (Å²) in [5.41, 5.74) is 0.944. The summed E-state index contributed by atoms with van der Waals surface area (Å²) in [6, 6.07) is 6.92. The Hall–Kier alpha value is -2.70. The fraction of sp³-hybridized carbons (Fsp3) is 0.167. The molecular weight excluding hydrogens is 250 g/mol. The first-order chi connectivity index (χ1) is 9.06. The van der Waals surface area contributed by atoms with Gasteiger partial charge < -0.3 is 0 Å². The molecule has 0 saturated carbocycles. The van der Waals surface area contributed by atoms with Crippen LogP contribution >= 0.6 is 0 Å². The van der Waals surface area contributed by atoms with Gasteiger partial charge in [0.05, 0.1) is 18.0 Å². The van der Waals surface area contributed by atoms with Crippen molar-refractivity contribution in [2.24, 2.45) is 0 Å². The number of aromatic nitrogens is 2. The third kappa shape index (κ3) is 1.75. The molecule has 7 heteroatoms. The molecule has 3 rings (SSSR count). The molecule has 0 fully saturated rings. The molecule has 0 bridgehead atoms. The lowest BCUT2D eigenvalue weighted by molar-refractivity contribution is -0.384. The van der Waals surface area contributed by atoms with Gasteiger partial charge in [-0.25, -0.2) is 9.36 Å². The maximum absolute atomic E-state index is 11.7. The number of fused-ring (bicyclic) bond motifs is 2. The van der Waals surface area contributed by atoms with E-state index < -0.39 is 4.92 Å². The highest BCUT2D eigenvalue weighted by molar-refractivity contribution is 5.40. The van der Waals surface area contributed by atoms with Crippen molar-refractivity contribution >= 4 is 5.69 Å². The lowest BCUT2D eigenvalue weighted by atomic mass is 10.0. The molecule has 96 valence electrons. The standard InChI is InChI=1S/C12H9N3O4/c16-11-3-4-12(17)14-7-9-5-10(15(18)19)2-1-8(9)6-13(11)14/h1-5H,6-7H2. The predicted octanol–water partition coefficient (Wildman–Crippen LogP) is 0.328. The Morgan fingerprint density at radius 2 is 1.53 bits per heavy atom. The Kier molecular flexibility index (Phi) is 2.34. The van der Waals surface area contributed by atoms with E-state index in [0.29, 0.717) is 5.56 Å². The summed E-state index contributed by atoms with van der Waals surface area (Å²) in [4.78, 5) is 33.7. The Morgan fingerprint density at radius 1 is 0.947 bits per heavy atom. The van der Waals surface area contributed by atoms with Crippen LogP contribution < -0.4 is 11.1 Å². The van der Waals surface area contributed by atoms with Gasteiger partial charge in [0.25, 0.3) is 16.8 Å². The second kappa shape index (κ2) is 3.91. The average molecular weight is 259 g/mol. The number of rotatable bonds is 1. The summed E-state index contributed by atoms with van der Waals surface area (Å²) >= 11 is 0. The molecule has 19 heavy (non-hydrogen) atoms. The van der Waals surface area contributed by atoms with E-state index in [9.17, 15) is 19.7 Å². The molecule has 0 amide bonds. The van der Waals surface area contributed by atoms with E-state index in [1.807, 2.05) is 0 Å². The van der Waals surface area contributed by atoms with Crippen LogP contribution in [-0.4, -0.2) is 14.3 Å². The van der Waals surface area contributed by atoms with Gasteiger partial charge in [-0.3, -0.25) is 19.7 Å². The van der Waals surface area contributed by atoms with Crippen molar-refractivity contribution in [2.45, 2.75) is 13.1 Å². The third-order valence-electron chi connectivity index (χ3n) is 3.21. The molecular formula is C12H9N3O4. The largest absolute Gasteiger partial charge is 0.269 e. The number of nitro groups is 1. The van der Waals surface area contributed by atoms with Crippen molar-refractivity contribution in [1.29, 1.82) is 0 Å². The highest BCUT2D eigenvalue weighted by Gasteiger charge is 2.18.